The minimum Gasteiger partial charge on any atom is -0.352 e. The van der Waals surface area contributed by atoms with Gasteiger partial charge in [-0.2, -0.15) is 0 Å². The molecule has 2 N–H and O–H groups in total. The summed E-state index contributed by atoms with van der Waals surface area (Å²) >= 11 is 3.32. The molecule has 0 fully saturated rings. The second kappa shape index (κ2) is 8.48. The molecule has 0 aliphatic rings. The molecule has 0 radical (unpaired) electrons. The number of benzene rings is 2. The van der Waals surface area contributed by atoms with Crippen molar-refractivity contribution in [2.75, 3.05) is 6.54 Å². The molecule has 23 heavy (non-hydrogen) atoms. The van der Waals surface area contributed by atoms with Crippen molar-refractivity contribution in [3.63, 3.8) is 0 Å². The van der Waals surface area contributed by atoms with Gasteiger partial charge in [-0.05, 0) is 36.8 Å². The fraction of sp³-hybridized carbons (Fsp3) is 0.222. The maximum Gasteiger partial charge on any atom is 0.251 e. The van der Waals surface area contributed by atoms with Crippen LogP contribution in [0.5, 0.6) is 0 Å². The smallest absolute Gasteiger partial charge is 0.251 e. The highest BCUT2D eigenvalue weighted by molar-refractivity contribution is 9.10. The Balaban J connectivity index is 1.74. The van der Waals surface area contributed by atoms with Crippen molar-refractivity contribution < 1.29 is 9.59 Å². The average Bonchev–Trinajstić information content (AvgIpc) is 2.56. The standard InChI is InChI=1S/C18H19BrN2O2/c1-13(14-5-3-2-4-6-14)21-17(22)11-12-20-18(23)15-7-9-16(19)10-8-15/h2-10,13H,11-12H2,1H3,(H,20,23)(H,21,22)/t13-/m1/s1. The Kier molecular flexibility index (Phi) is 6.35. The van der Waals surface area contributed by atoms with E-state index < -0.39 is 0 Å². The highest BCUT2D eigenvalue weighted by atomic mass is 79.9. The van der Waals surface area contributed by atoms with E-state index in [2.05, 4.69) is 26.6 Å². The Bertz CT molecular complexity index is 656. The number of amides is 2. The van der Waals surface area contributed by atoms with Crippen LogP contribution in [0.15, 0.2) is 59.1 Å². The number of carbonyl (C=O) groups is 2. The quantitative estimate of drug-likeness (QED) is 0.813. The van der Waals surface area contributed by atoms with E-state index in [9.17, 15) is 9.59 Å². The van der Waals surface area contributed by atoms with E-state index >= 15 is 0 Å². The predicted octanol–water partition coefficient (Wildman–Crippen LogP) is 3.45. The van der Waals surface area contributed by atoms with Crippen LogP contribution in [0.1, 0.15) is 35.3 Å². The van der Waals surface area contributed by atoms with Gasteiger partial charge in [0.15, 0.2) is 0 Å². The van der Waals surface area contributed by atoms with Gasteiger partial charge < -0.3 is 10.6 Å². The molecule has 1 atom stereocenters. The second-order valence-electron chi connectivity index (χ2n) is 5.21. The van der Waals surface area contributed by atoms with Gasteiger partial charge >= 0.3 is 0 Å². The molecule has 0 saturated heterocycles. The van der Waals surface area contributed by atoms with Gasteiger partial charge in [-0.25, -0.2) is 0 Å². The lowest BCUT2D eigenvalue weighted by Gasteiger charge is -2.14. The molecule has 2 aromatic rings. The maximum atomic E-state index is 11.9. The van der Waals surface area contributed by atoms with E-state index in [1.807, 2.05) is 49.4 Å². The normalized spacial score (nSPS) is 11.6. The van der Waals surface area contributed by atoms with Gasteiger partial charge in [0.25, 0.3) is 5.91 Å². The van der Waals surface area contributed by atoms with Gasteiger partial charge in [0.1, 0.15) is 0 Å². The number of hydrogen-bond acceptors (Lipinski definition) is 2. The number of halogens is 1. The first-order valence-corrected chi connectivity index (χ1v) is 8.23. The maximum absolute atomic E-state index is 11.9. The molecule has 0 heterocycles. The summed E-state index contributed by atoms with van der Waals surface area (Å²) in [5.41, 5.74) is 1.63. The Morgan fingerprint density at radius 1 is 1.04 bits per heavy atom. The van der Waals surface area contributed by atoms with Crippen molar-refractivity contribution in [2.24, 2.45) is 0 Å². The van der Waals surface area contributed by atoms with Crippen LogP contribution in [0.2, 0.25) is 0 Å². The molecular weight excluding hydrogens is 356 g/mol. The lowest BCUT2D eigenvalue weighted by atomic mass is 10.1. The first-order chi connectivity index (χ1) is 11.1. The van der Waals surface area contributed by atoms with E-state index in [0.29, 0.717) is 12.1 Å². The molecule has 0 saturated carbocycles. The lowest BCUT2D eigenvalue weighted by molar-refractivity contribution is -0.121. The SMILES string of the molecule is C[C@@H](NC(=O)CCNC(=O)c1ccc(Br)cc1)c1ccccc1. The molecule has 0 unspecified atom stereocenters. The fourth-order valence-electron chi connectivity index (χ4n) is 2.13. The van der Waals surface area contributed by atoms with Gasteiger partial charge in [0.2, 0.25) is 5.91 Å². The second-order valence-corrected chi connectivity index (χ2v) is 6.13. The molecule has 0 aliphatic carbocycles. The molecule has 0 aromatic heterocycles. The zero-order chi connectivity index (χ0) is 16.7. The Morgan fingerprint density at radius 2 is 1.70 bits per heavy atom. The zero-order valence-electron chi connectivity index (χ0n) is 12.9. The number of carbonyl (C=O) groups excluding carboxylic acids is 2. The minimum atomic E-state index is -0.179. The summed E-state index contributed by atoms with van der Waals surface area (Å²) in [6.45, 7) is 2.25. The highest BCUT2D eigenvalue weighted by Crippen LogP contribution is 2.11. The van der Waals surface area contributed by atoms with Gasteiger partial charge in [0.05, 0.1) is 6.04 Å². The first-order valence-electron chi connectivity index (χ1n) is 7.44. The molecule has 0 spiro atoms. The van der Waals surface area contributed by atoms with E-state index in [0.717, 1.165) is 10.0 Å². The zero-order valence-corrected chi connectivity index (χ0v) is 14.5. The largest absolute Gasteiger partial charge is 0.352 e. The summed E-state index contributed by atoms with van der Waals surface area (Å²) in [4.78, 5) is 23.8. The van der Waals surface area contributed by atoms with E-state index in [1.165, 1.54) is 0 Å². The third kappa shape index (κ3) is 5.53. The van der Waals surface area contributed by atoms with Crippen molar-refractivity contribution in [1.29, 1.82) is 0 Å². The van der Waals surface area contributed by atoms with E-state index in [1.54, 1.807) is 12.1 Å². The van der Waals surface area contributed by atoms with Crippen LogP contribution in [0.4, 0.5) is 0 Å². The Morgan fingerprint density at radius 3 is 2.35 bits per heavy atom. The van der Waals surface area contributed by atoms with Crippen LogP contribution in [0, 0.1) is 0 Å². The van der Waals surface area contributed by atoms with Gasteiger partial charge in [-0.3, -0.25) is 9.59 Å². The van der Waals surface area contributed by atoms with E-state index in [4.69, 9.17) is 0 Å². The van der Waals surface area contributed by atoms with Crippen molar-refractivity contribution in [1.82, 2.24) is 10.6 Å². The molecule has 2 rings (SSSR count). The Labute approximate surface area is 144 Å². The minimum absolute atomic E-state index is 0.0501. The van der Waals surface area contributed by atoms with Gasteiger partial charge in [-0.1, -0.05) is 46.3 Å². The molecule has 2 amide bonds. The van der Waals surface area contributed by atoms with Crippen molar-refractivity contribution in [3.05, 3.63) is 70.2 Å². The monoisotopic (exact) mass is 374 g/mol. The number of rotatable bonds is 6. The lowest BCUT2D eigenvalue weighted by Crippen LogP contribution is -2.32. The summed E-state index contributed by atoms with van der Waals surface area (Å²) in [5.74, 6) is -0.265. The molecule has 120 valence electrons. The summed E-state index contributed by atoms with van der Waals surface area (Å²) in [7, 11) is 0. The molecule has 0 bridgehead atoms. The van der Waals surface area contributed by atoms with E-state index in [-0.39, 0.29) is 24.3 Å². The van der Waals surface area contributed by atoms with Crippen molar-refractivity contribution in [3.8, 4) is 0 Å². The predicted molar refractivity (Wildman–Crippen MR) is 94.1 cm³/mol. The molecule has 4 nitrogen and oxygen atoms in total. The third-order valence-electron chi connectivity index (χ3n) is 3.42. The van der Waals surface area contributed by atoms with Crippen LogP contribution in [0.3, 0.4) is 0 Å². The summed E-state index contributed by atoms with van der Waals surface area (Å²) in [6, 6.07) is 16.8. The summed E-state index contributed by atoms with van der Waals surface area (Å²) in [6.07, 6.45) is 0.249. The molecule has 5 heteroatoms. The van der Waals surface area contributed by atoms with Crippen LogP contribution in [-0.2, 0) is 4.79 Å². The number of hydrogen-bond donors (Lipinski definition) is 2. The van der Waals surface area contributed by atoms with Gasteiger partial charge in [-0.15, -0.1) is 0 Å². The summed E-state index contributed by atoms with van der Waals surface area (Å²) < 4.78 is 0.920. The summed E-state index contributed by atoms with van der Waals surface area (Å²) in [5, 5.41) is 5.67. The van der Waals surface area contributed by atoms with Crippen molar-refractivity contribution in [2.45, 2.75) is 19.4 Å². The third-order valence-corrected chi connectivity index (χ3v) is 3.95. The fourth-order valence-corrected chi connectivity index (χ4v) is 2.40. The molecule has 0 aliphatic heterocycles. The van der Waals surface area contributed by atoms with Crippen LogP contribution in [0.25, 0.3) is 0 Å². The van der Waals surface area contributed by atoms with Gasteiger partial charge in [0, 0.05) is 23.0 Å². The molecule has 2 aromatic carbocycles. The van der Waals surface area contributed by atoms with Crippen LogP contribution in [-0.4, -0.2) is 18.4 Å². The molecular formula is C18H19BrN2O2. The topological polar surface area (TPSA) is 58.2 Å². The van der Waals surface area contributed by atoms with Crippen LogP contribution < -0.4 is 10.6 Å². The first kappa shape index (κ1) is 17.2. The highest BCUT2D eigenvalue weighted by Gasteiger charge is 2.10. The average molecular weight is 375 g/mol. The van der Waals surface area contributed by atoms with Crippen LogP contribution >= 0.6 is 15.9 Å². The Hall–Kier alpha value is -2.14. The van der Waals surface area contributed by atoms with Crippen molar-refractivity contribution >= 4 is 27.7 Å². The number of nitrogens with one attached hydrogen (secondary N) is 2.